The van der Waals surface area contributed by atoms with Crippen LogP contribution in [-0.4, -0.2) is 32.5 Å². The average molecular weight is 324 g/mol. The van der Waals surface area contributed by atoms with Crippen molar-refractivity contribution in [3.8, 4) is 11.5 Å². The number of ketones is 2. The van der Waals surface area contributed by atoms with E-state index in [0.29, 0.717) is 10.9 Å². The van der Waals surface area contributed by atoms with Crippen LogP contribution < -0.4 is 0 Å². The molecule has 0 saturated heterocycles. The Hall–Kier alpha value is -2.66. The van der Waals surface area contributed by atoms with Gasteiger partial charge in [-0.1, -0.05) is 17.7 Å². The minimum Gasteiger partial charge on any atom is -0.507 e. The fourth-order valence-electron chi connectivity index (χ4n) is 4.16. The van der Waals surface area contributed by atoms with Crippen molar-refractivity contribution >= 4 is 22.3 Å². The lowest BCUT2D eigenvalue weighted by Gasteiger charge is -2.42. The number of allylic oxidation sites excluding steroid dienone is 1. The van der Waals surface area contributed by atoms with E-state index in [2.05, 4.69) is 0 Å². The van der Waals surface area contributed by atoms with Crippen molar-refractivity contribution in [3.63, 3.8) is 0 Å². The lowest BCUT2D eigenvalue weighted by molar-refractivity contribution is -0.123. The molecule has 2 unspecified atom stereocenters. The van der Waals surface area contributed by atoms with E-state index in [9.17, 15) is 24.9 Å². The molecule has 5 heteroatoms. The molecule has 4 rings (SSSR count). The Bertz CT molecular complexity index is 956. The third-order valence-corrected chi connectivity index (χ3v) is 5.00. The van der Waals surface area contributed by atoms with Gasteiger partial charge in [-0.2, -0.15) is 0 Å². The molecule has 0 saturated carbocycles. The van der Waals surface area contributed by atoms with E-state index in [1.54, 1.807) is 25.1 Å². The molecule has 0 amide bonds. The smallest absolute Gasteiger partial charge is 0.169 e. The summed E-state index contributed by atoms with van der Waals surface area (Å²) < 4.78 is 0. The molecule has 0 aromatic heterocycles. The molecule has 0 aliphatic heterocycles. The van der Waals surface area contributed by atoms with Crippen LogP contribution in [0.2, 0.25) is 0 Å². The Morgan fingerprint density at radius 3 is 2.67 bits per heavy atom. The lowest BCUT2D eigenvalue weighted by atomic mass is 9.64. The lowest BCUT2D eigenvalue weighted by Crippen LogP contribution is -2.48. The zero-order chi connectivity index (χ0) is 17.2. The quantitative estimate of drug-likeness (QED) is 0.692. The van der Waals surface area contributed by atoms with Gasteiger partial charge in [0.2, 0.25) is 0 Å². The first-order chi connectivity index (χ1) is 11.3. The van der Waals surface area contributed by atoms with Crippen LogP contribution in [0.4, 0.5) is 0 Å². The van der Waals surface area contributed by atoms with E-state index in [0.717, 1.165) is 5.57 Å². The topological polar surface area (TPSA) is 94.8 Å². The molecule has 0 radical (unpaired) electrons. The van der Waals surface area contributed by atoms with Gasteiger partial charge in [-0.05, 0) is 42.5 Å². The summed E-state index contributed by atoms with van der Waals surface area (Å²) in [7, 11) is 0. The zero-order valence-electron chi connectivity index (χ0n) is 13.0. The van der Waals surface area contributed by atoms with Crippen LogP contribution in [-0.2, 0) is 4.79 Å². The van der Waals surface area contributed by atoms with Gasteiger partial charge in [0.05, 0.1) is 22.5 Å². The number of fused-ring (bicyclic) bond motifs is 4. The molecule has 0 spiro atoms. The van der Waals surface area contributed by atoms with Gasteiger partial charge in [-0.3, -0.25) is 9.59 Å². The Morgan fingerprint density at radius 2 is 1.92 bits per heavy atom. The summed E-state index contributed by atoms with van der Waals surface area (Å²) in [6.45, 7) is 1.75. The Kier molecular flexibility index (Phi) is 2.90. The molecule has 2 atom stereocenters. The van der Waals surface area contributed by atoms with E-state index in [1.165, 1.54) is 12.1 Å². The summed E-state index contributed by atoms with van der Waals surface area (Å²) >= 11 is 0. The number of carbonyl (C=O) groups excluding carboxylic acids is 2. The molecule has 0 heterocycles. The third kappa shape index (κ3) is 1.85. The fourth-order valence-corrected chi connectivity index (χ4v) is 4.16. The summed E-state index contributed by atoms with van der Waals surface area (Å²) in [5, 5.41) is 32.2. The van der Waals surface area contributed by atoms with E-state index < -0.39 is 17.3 Å². The molecular formula is C19H16O5. The molecule has 2 aromatic rings. The Balaban J connectivity index is 2.08. The molecule has 2 aromatic carbocycles. The van der Waals surface area contributed by atoms with Crippen LogP contribution in [0.3, 0.4) is 0 Å². The van der Waals surface area contributed by atoms with Crippen LogP contribution in [0, 0.1) is 0 Å². The molecule has 122 valence electrons. The number of hydrogen-bond donors (Lipinski definition) is 3. The highest BCUT2D eigenvalue weighted by atomic mass is 16.3. The van der Waals surface area contributed by atoms with Crippen LogP contribution >= 0.6 is 0 Å². The summed E-state index contributed by atoms with van der Waals surface area (Å²) in [6, 6.07) is 6.34. The molecule has 3 N–H and O–H groups in total. The molecule has 2 aliphatic carbocycles. The van der Waals surface area contributed by atoms with Gasteiger partial charge in [0.1, 0.15) is 11.5 Å². The van der Waals surface area contributed by atoms with E-state index in [-0.39, 0.29) is 41.1 Å². The number of Topliss-reactive ketones (excluding diaryl/α,β-unsaturated/α-hetero) is 1. The first-order valence-electron chi connectivity index (χ1n) is 7.76. The average Bonchev–Trinajstić information content (AvgIpc) is 2.44. The molecule has 24 heavy (non-hydrogen) atoms. The SMILES string of the molecule is CC1=CC(=O)C2c3cc4cccc(O)c4c(O)c3C(=O)CC2(O)C1. The van der Waals surface area contributed by atoms with Gasteiger partial charge in [-0.25, -0.2) is 0 Å². The summed E-state index contributed by atoms with van der Waals surface area (Å²) in [5.74, 6) is -2.03. The van der Waals surface area contributed by atoms with Gasteiger partial charge in [0.25, 0.3) is 0 Å². The number of benzene rings is 2. The Morgan fingerprint density at radius 1 is 1.17 bits per heavy atom. The van der Waals surface area contributed by atoms with Crippen molar-refractivity contribution in [2.24, 2.45) is 0 Å². The maximum absolute atomic E-state index is 12.6. The van der Waals surface area contributed by atoms with E-state index in [1.807, 2.05) is 0 Å². The minimum atomic E-state index is -1.46. The first-order valence-corrected chi connectivity index (χ1v) is 7.76. The van der Waals surface area contributed by atoms with Crippen LogP contribution in [0.5, 0.6) is 11.5 Å². The number of hydrogen-bond acceptors (Lipinski definition) is 5. The number of aliphatic hydroxyl groups is 1. The molecule has 0 fully saturated rings. The van der Waals surface area contributed by atoms with Gasteiger partial charge < -0.3 is 15.3 Å². The largest absolute Gasteiger partial charge is 0.507 e. The standard InChI is InChI=1S/C19H16O5/c1-9-5-13(21)17-11-6-10-3-2-4-12(20)15(10)18(23)16(11)14(22)8-19(17,24)7-9/h2-6,17,20,23-24H,7-8H2,1H3. The van der Waals surface area contributed by atoms with Gasteiger partial charge >= 0.3 is 0 Å². The fraction of sp³-hybridized carbons (Fsp3) is 0.263. The third-order valence-electron chi connectivity index (χ3n) is 5.00. The van der Waals surface area contributed by atoms with E-state index >= 15 is 0 Å². The highest BCUT2D eigenvalue weighted by Crippen LogP contribution is 2.50. The van der Waals surface area contributed by atoms with Gasteiger partial charge in [-0.15, -0.1) is 0 Å². The monoisotopic (exact) mass is 324 g/mol. The second-order valence-corrected chi connectivity index (χ2v) is 6.77. The molecule has 0 bridgehead atoms. The van der Waals surface area contributed by atoms with E-state index in [4.69, 9.17) is 0 Å². The maximum Gasteiger partial charge on any atom is 0.169 e. The number of aromatic hydroxyl groups is 2. The number of carbonyl (C=O) groups is 2. The van der Waals surface area contributed by atoms with Crippen molar-refractivity contribution < 1.29 is 24.9 Å². The van der Waals surface area contributed by atoms with Crippen LogP contribution in [0.15, 0.2) is 35.9 Å². The molecule has 2 aliphatic rings. The van der Waals surface area contributed by atoms with Crippen molar-refractivity contribution in [2.75, 3.05) is 0 Å². The number of phenolic OH excluding ortho intramolecular Hbond substituents is 2. The second kappa shape index (κ2) is 4.68. The highest BCUT2D eigenvalue weighted by molar-refractivity contribution is 6.13. The van der Waals surface area contributed by atoms with Gasteiger partial charge in [0.15, 0.2) is 11.6 Å². The van der Waals surface area contributed by atoms with Crippen molar-refractivity contribution in [1.82, 2.24) is 0 Å². The van der Waals surface area contributed by atoms with Crippen LogP contribution in [0.25, 0.3) is 10.8 Å². The maximum atomic E-state index is 12.6. The predicted molar refractivity (Wildman–Crippen MR) is 87.3 cm³/mol. The first kappa shape index (κ1) is 14.9. The van der Waals surface area contributed by atoms with Gasteiger partial charge in [0, 0.05) is 6.42 Å². The summed E-state index contributed by atoms with van der Waals surface area (Å²) in [5.41, 5.74) is -0.368. The highest BCUT2D eigenvalue weighted by Gasteiger charge is 2.51. The second-order valence-electron chi connectivity index (χ2n) is 6.77. The summed E-state index contributed by atoms with van der Waals surface area (Å²) in [4.78, 5) is 25.2. The number of phenols is 2. The van der Waals surface area contributed by atoms with Crippen LogP contribution in [0.1, 0.15) is 41.6 Å². The zero-order valence-corrected chi connectivity index (χ0v) is 13.0. The minimum absolute atomic E-state index is 0.0278. The molecule has 5 nitrogen and oxygen atoms in total. The Labute approximate surface area is 137 Å². The predicted octanol–water partition coefficient (Wildman–Crippen LogP) is 2.57. The normalized spacial score (nSPS) is 26.1. The van der Waals surface area contributed by atoms with Crippen molar-refractivity contribution in [2.45, 2.75) is 31.3 Å². The van der Waals surface area contributed by atoms with Crippen molar-refractivity contribution in [1.29, 1.82) is 0 Å². The molecular weight excluding hydrogens is 308 g/mol. The number of rotatable bonds is 0. The summed E-state index contributed by atoms with van der Waals surface area (Å²) in [6.07, 6.45) is 1.50. The van der Waals surface area contributed by atoms with Crippen molar-refractivity contribution in [3.05, 3.63) is 47.0 Å².